The first-order valence-corrected chi connectivity index (χ1v) is 24.3. The van der Waals surface area contributed by atoms with Crippen LogP contribution < -0.4 is 0 Å². The molecule has 0 saturated heterocycles. The van der Waals surface area contributed by atoms with Gasteiger partial charge in [-0.25, -0.2) is 0 Å². The molecule has 6 aromatic rings. The summed E-state index contributed by atoms with van der Waals surface area (Å²) in [6, 6.07) is 30.7. The van der Waals surface area contributed by atoms with Crippen molar-refractivity contribution in [2.75, 3.05) is 0 Å². The minimum absolute atomic E-state index is 0.258. The van der Waals surface area contributed by atoms with Gasteiger partial charge in [0.25, 0.3) is 0 Å². The van der Waals surface area contributed by atoms with Crippen LogP contribution in [-0.2, 0) is 32.5 Å². The average molecular weight is 913 g/mol. The van der Waals surface area contributed by atoms with E-state index in [2.05, 4.69) is 215 Å². The van der Waals surface area contributed by atoms with Gasteiger partial charge in [-0.1, -0.05) is 178 Å². The minimum atomic E-state index is -0.263. The Kier molecular flexibility index (Phi) is 12.7. The minimum Gasteiger partial charge on any atom is -0.508 e. The van der Waals surface area contributed by atoms with Crippen molar-refractivity contribution < 1.29 is 15.3 Å². The van der Waals surface area contributed by atoms with Crippen molar-refractivity contribution in [3.8, 4) is 86.2 Å². The van der Waals surface area contributed by atoms with Crippen molar-refractivity contribution in [3.63, 3.8) is 0 Å². The van der Waals surface area contributed by atoms with Gasteiger partial charge < -0.3 is 15.3 Å². The predicted molar refractivity (Wildman–Crippen MR) is 291 cm³/mol. The summed E-state index contributed by atoms with van der Waals surface area (Å²) in [5, 5.41) is 33.3. The van der Waals surface area contributed by atoms with Crippen molar-refractivity contribution in [2.24, 2.45) is 0 Å². The fraction of sp³-hybridized carbons (Fsp3) is 0.364. The lowest BCUT2D eigenvalue weighted by Gasteiger charge is -2.31. The normalized spacial score (nSPS) is 13.0. The van der Waals surface area contributed by atoms with Gasteiger partial charge in [0.2, 0.25) is 0 Å². The molecule has 0 unspecified atom stereocenters. The summed E-state index contributed by atoms with van der Waals surface area (Å²) < 4.78 is 0. The molecule has 0 radical (unpaired) electrons. The zero-order valence-corrected chi connectivity index (χ0v) is 44.5. The van der Waals surface area contributed by atoms with E-state index < -0.39 is 0 Å². The van der Waals surface area contributed by atoms with Crippen molar-refractivity contribution in [1.29, 1.82) is 0 Å². The highest BCUT2D eigenvalue weighted by atomic mass is 16.3. The zero-order valence-electron chi connectivity index (χ0n) is 44.5. The highest BCUT2D eigenvalue weighted by Gasteiger charge is 2.31. The molecule has 1 aliphatic carbocycles. The van der Waals surface area contributed by atoms with Gasteiger partial charge in [-0.2, -0.15) is 0 Å². The van der Waals surface area contributed by atoms with E-state index in [1.54, 1.807) is 0 Å². The highest BCUT2D eigenvalue weighted by Crippen LogP contribution is 2.46. The Balaban J connectivity index is 1.58. The maximum Gasteiger partial charge on any atom is 0.116 e. The third-order valence-corrected chi connectivity index (χ3v) is 13.1. The van der Waals surface area contributed by atoms with Gasteiger partial charge in [0, 0.05) is 33.4 Å². The number of hydrogen-bond donors (Lipinski definition) is 3. The van der Waals surface area contributed by atoms with Gasteiger partial charge in [0.05, 0.1) is 0 Å². The van der Waals surface area contributed by atoms with Crippen LogP contribution in [0.2, 0.25) is 0 Å². The molecule has 0 atom stereocenters. The molecule has 0 bridgehead atoms. The zero-order chi connectivity index (χ0) is 51.0. The van der Waals surface area contributed by atoms with E-state index in [0.29, 0.717) is 0 Å². The molecule has 354 valence electrons. The largest absolute Gasteiger partial charge is 0.508 e. The number of phenolic OH excluding ortho intramolecular Hbond substituents is 3. The summed E-state index contributed by atoms with van der Waals surface area (Å²) in [5.41, 5.74) is 15.9. The van der Waals surface area contributed by atoms with E-state index in [-0.39, 0.29) is 49.7 Å². The van der Waals surface area contributed by atoms with E-state index in [1.807, 2.05) is 36.4 Å². The molecule has 0 saturated carbocycles. The van der Waals surface area contributed by atoms with Gasteiger partial charge in [0.1, 0.15) is 17.2 Å². The third-order valence-electron chi connectivity index (χ3n) is 13.1. The van der Waals surface area contributed by atoms with Crippen LogP contribution in [-0.4, -0.2) is 15.3 Å². The maximum absolute atomic E-state index is 11.1. The van der Waals surface area contributed by atoms with E-state index in [1.165, 1.54) is 0 Å². The van der Waals surface area contributed by atoms with Crippen LogP contribution in [0.25, 0.3) is 33.4 Å². The lowest BCUT2D eigenvalue weighted by molar-refractivity contribution is 0.466. The first kappa shape index (κ1) is 50.3. The second-order valence-corrected chi connectivity index (χ2v) is 25.3. The Hall–Kier alpha value is -6.60. The first-order chi connectivity index (χ1) is 31.7. The number of fused-ring (bicyclic) bond motifs is 3. The Morgan fingerprint density at radius 1 is 0.246 bits per heavy atom. The highest BCUT2D eigenvalue weighted by molar-refractivity contribution is 5.81. The van der Waals surface area contributed by atoms with Crippen molar-refractivity contribution in [2.45, 2.75) is 157 Å². The first-order valence-electron chi connectivity index (χ1n) is 24.3. The molecule has 0 fully saturated rings. The van der Waals surface area contributed by atoms with Gasteiger partial charge >= 0.3 is 0 Å². The molecule has 3 nitrogen and oxygen atoms in total. The van der Waals surface area contributed by atoms with Gasteiger partial charge in [-0.05, 0) is 172 Å². The standard InChI is InChI=1S/C66H72O3/c1-61(2,3)52-34-49(67)35-53(62(4,5)6)58(52)46-28-22-40-20-26-44-32-48(60-56(65(13,14)15)38-51(69)39-57(60)66(16,17)18)30-24-42(44)21-27-45-33-47(29-23-41(45)19-25-43(40)31-46)59-54(63(7,8)9)36-50(68)37-55(59)64(10,11)12/h22-24,28-39,67-69H,1-18H3. The van der Waals surface area contributed by atoms with Crippen LogP contribution in [0, 0.1) is 35.5 Å². The second-order valence-electron chi connectivity index (χ2n) is 25.3. The van der Waals surface area contributed by atoms with E-state index in [4.69, 9.17) is 0 Å². The molecular formula is C66H72O3. The summed E-state index contributed by atoms with van der Waals surface area (Å²) in [5.74, 6) is 22.3. The lowest BCUT2D eigenvalue weighted by Crippen LogP contribution is -2.19. The Morgan fingerprint density at radius 3 is 0.594 bits per heavy atom. The third kappa shape index (κ3) is 10.5. The fourth-order valence-electron chi connectivity index (χ4n) is 9.50. The topological polar surface area (TPSA) is 60.7 Å². The number of benzene rings is 6. The van der Waals surface area contributed by atoms with E-state index in [9.17, 15) is 15.3 Å². The van der Waals surface area contributed by atoms with Crippen LogP contribution in [0.4, 0.5) is 0 Å². The van der Waals surface area contributed by atoms with E-state index in [0.717, 1.165) is 100 Å². The van der Waals surface area contributed by atoms with Crippen molar-refractivity contribution in [3.05, 3.63) is 158 Å². The van der Waals surface area contributed by atoms with Crippen LogP contribution in [0.1, 0.15) is 191 Å². The molecule has 3 N–H and O–H groups in total. The van der Waals surface area contributed by atoms with Crippen LogP contribution in [0.3, 0.4) is 0 Å². The SMILES string of the molecule is CC(C)(C)c1cc(O)cc(C(C)(C)C)c1-c1ccc2c(c1)C#Cc1ccc(-c3c(C(C)(C)C)cc(O)cc3C(C)(C)C)cc1C#Cc1ccc(-c3c(C(C)(C)C)cc(O)cc3C(C)(C)C)cc1C#C2. The van der Waals surface area contributed by atoms with Gasteiger partial charge in [-0.3, -0.25) is 0 Å². The van der Waals surface area contributed by atoms with Gasteiger partial charge in [0.15, 0.2) is 0 Å². The van der Waals surface area contributed by atoms with Crippen LogP contribution in [0.5, 0.6) is 17.2 Å². The van der Waals surface area contributed by atoms with Crippen molar-refractivity contribution in [1.82, 2.24) is 0 Å². The average Bonchev–Trinajstić information content (AvgIpc) is 3.21. The lowest BCUT2D eigenvalue weighted by atomic mass is 9.74. The molecule has 3 heteroatoms. The van der Waals surface area contributed by atoms with Crippen LogP contribution in [0.15, 0.2) is 91.0 Å². The molecule has 0 heterocycles. The number of hydrogen-bond acceptors (Lipinski definition) is 3. The molecule has 1 aliphatic rings. The van der Waals surface area contributed by atoms with Crippen LogP contribution >= 0.6 is 0 Å². The maximum atomic E-state index is 11.1. The molecular weight excluding hydrogens is 841 g/mol. The Morgan fingerprint density at radius 2 is 0.420 bits per heavy atom. The quantitative estimate of drug-likeness (QED) is 0.155. The smallest absolute Gasteiger partial charge is 0.116 e. The summed E-state index contributed by atoms with van der Waals surface area (Å²) >= 11 is 0. The monoisotopic (exact) mass is 913 g/mol. The number of phenols is 3. The van der Waals surface area contributed by atoms with E-state index >= 15 is 0 Å². The Labute approximate surface area is 414 Å². The number of aromatic hydroxyl groups is 3. The predicted octanol–water partition coefficient (Wildman–Crippen LogP) is 16.1. The molecule has 69 heavy (non-hydrogen) atoms. The molecule has 0 amide bonds. The summed E-state index contributed by atoms with van der Waals surface area (Å²) in [4.78, 5) is 0. The molecule has 7 rings (SSSR count). The summed E-state index contributed by atoms with van der Waals surface area (Å²) in [6.45, 7) is 39.4. The molecule has 6 aromatic carbocycles. The molecule has 0 aliphatic heterocycles. The summed E-state index contributed by atoms with van der Waals surface area (Å²) in [6.07, 6.45) is 0. The number of rotatable bonds is 3. The molecule has 0 spiro atoms. The second kappa shape index (κ2) is 17.4. The Bertz CT molecular complexity index is 2780. The van der Waals surface area contributed by atoms with Gasteiger partial charge in [-0.15, -0.1) is 0 Å². The van der Waals surface area contributed by atoms with Crippen molar-refractivity contribution >= 4 is 0 Å². The molecule has 0 aromatic heterocycles. The summed E-state index contributed by atoms with van der Waals surface area (Å²) in [7, 11) is 0. The fourth-order valence-corrected chi connectivity index (χ4v) is 9.50.